The fourth-order valence-electron chi connectivity index (χ4n) is 10.1. The van der Waals surface area contributed by atoms with Crippen molar-refractivity contribution in [2.24, 2.45) is 16.1 Å². The van der Waals surface area contributed by atoms with Crippen LogP contribution in [-0.2, 0) is 0 Å². The van der Waals surface area contributed by atoms with E-state index in [-0.39, 0.29) is 34.0 Å². The first-order chi connectivity index (χ1) is 19.9. The number of fused-ring (bicyclic) bond motifs is 8. The highest BCUT2D eigenvalue weighted by atomic mass is 16.3. The monoisotopic (exact) mass is 611 g/mol. The van der Waals surface area contributed by atoms with Crippen LogP contribution in [0.1, 0.15) is 147 Å². The first kappa shape index (κ1) is 33.5. The summed E-state index contributed by atoms with van der Waals surface area (Å²) in [7, 11) is 0. The lowest BCUT2D eigenvalue weighted by Crippen LogP contribution is -2.81. The molecule has 5 heterocycles. The maximum Gasteiger partial charge on any atom is 0.231 e. The molecular weight excluding hydrogens is 548 g/mol. The zero-order chi connectivity index (χ0) is 32.9. The molecule has 6 bridgehead atoms. The molecule has 0 saturated carbocycles. The average Bonchev–Trinajstić information content (AvgIpc) is 2.85. The number of nitrogens with two attached hydrogens (primary N) is 1. The van der Waals surface area contributed by atoms with Gasteiger partial charge in [0, 0.05) is 16.6 Å². The number of hydrogen-bond acceptors (Lipinski definition) is 9. The molecule has 0 spiro atoms. The van der Waals surface area contributed by atoms with E-state index < -0.39 is 22.7 Å². The highest BCUT2D eigenvalue weighted by molar-refractivity contribution is 5.99. The molecule has 3 saturated heterocycles. The minimum atomic E-state index is -1.07. The third-order valence-corrected chi connectivity index (χ3v) is 11.4. The Morgan fingerprint density at radius 1 is 0.932 bits per heavy atom. The molecule has 1 aromatic rings. The van der Waals surface area contributed by atoms with Gasteiger partial charge in [0.05, 0.1) is 34.8 Å². The van der Waals surface area contributed by atoms with Crippen LogP contribution in [0.4, 0.5) is 11.9 Å². The lowest BCUT2D eigenvalue weighted by atomic mass is 9.63. The van der Waals surface area contributed by atoms with Gasteiger partial charge in [-0.2, -0.15) is 15.0 Å². The molecule has 9 nitrogen and oxygen atoms in total. The predicted molar refractivity (Wildman–Crippen MR) is 182 cm³/mol. The van der Waals surface area contributed by atoms with Gasteiger partial charge in [0.1, 0.15) is 11.4 Å². The molecule has 0 aromatic carbocycles. The van der Waals surface area contributed by atoms with Crippen molar-refractivity contribution in [3.8, 4) is 0 Å². The van der Waals surface area contributed by atoms with Crippen molar-refractivity contribution < 1.29 is 5.11 Å². The molecule has 1 aromatic heterocycles. The number of nitrogens with one attached hydrogen (secondary N) is 1. The van der Waals surface area contributed by atoms with Crippen LogP contribution >= 0.6 is 0 Å². The van der Waals surface area contributed by atoms with Crippen molar-refractivity contribution in [2.45, 2.75) is 186 Å². The third-order valence-electron chi connectivity index (χ3n) is 11.4. The fraction of sp³-hybridized carbons (Fsp3) is 0.886. The third kappa shape index (κ3) is 5.36. The number of aliphatic imine (C=N–C) groups is 1. The van der Waals surface area contributed by atoms with E-state index in [0.29, 0.717) is 12.4 Å². The summed E-state index contributed by atoms with van der Waals surface area (Å²) < 4.78 is 0. The van der Waals surface area contributed by atoms with Gasteiger partial charge in [-0.1, -0.05) is 40.0 Å². The van der Waals surface area contributed by atoms with Crippen molar-refractivity contribution in [1.82, 2.24) is 19.9 Å². The van der Waals surface area contributed by atoms with E-state index in [0.717, 1.165) is 56.1 Å². The van der Waals surface area contributed by atoms with Gasteiger partial charge >= 0.3 is 0 Å². The molecule has 0 aliphatic carbocycles. The lowest BCUT2D eigenvalue weighted by Gasteiger charge is -2.64. The van der Waals surface area contributed by atoms with Crippen molar-refractivity contribution >= 4 is 17.6 Å². The number of anilines is 2. The molecule has 4 N–H and O–H groups in total. The first-order valence-corrected chi connectivity index (χ1v) is 17.1. The minimum absolute atomic E-state index is 0.0556. The van der Waals surface area contributed by atoms with E-state index in [2.05, 4.69) is 105 Å². The number of rotatable bonds is 4. The number of piperidine rings is 2. The zero-order valence-corrected chi connectivity index (χ0v) is 30.1. The Kier molecular flexibility index (Phi) is 7.87. The second-order valence-corrected chi connectivity index (χ2v) is 18.5. The van der Waals surface area contributed by atoms with E-state index in [1.165, 1.54) is 6.42 Å². The van der Waals surface area contributed by atoms with Crippen LogP contribution in [0, 0.1) is 5.41 Å². The van der Waals surface area contributed by atoms with Crippen molar-refractivity contribution in [2.75, 3.05) is 16.8 Å². The number of hydrogen-bond donors (Lipinski definition) is 3. The Morgan fingerprint density at radius 3 is 2.20 bits per heavy atom. The van der Waals surface area contributed by atoms with Crippen LogP contribution in [-0.4, -0.2) is 82.6 Å². The maximum atomic E-state index is 12.5. The van der Waals surface area contributed by atoms with E-state index in [9.17, 15) is 5.11 Å². The highest BCUT2D eigenvalue weighted by Crippen LogP contribution is 2.53. The van der Waals surface area contributed by atoms with E-state index >= 15 is 0 Å². The van der Waals surface area contributed by atoms with Gasteiger partial charge in [0.15, 0.2) is 0 Å². The zero-order valence-electron chi connectivity index (χ0n) is 30.1. The molecule has 9 heteroatoms. The Morgan fingerprint density at radius 2 is 1.57 bits per heavy atom. The Hall–Kier alpha value is -1.84. The second kappa shape index (κ2) is 10.3. The van der Waals surface area contributed by atoms with Gasteiger partial charge in [-0.15, -0.1) is 0 Å². The molecule has 248 valence electrons. The fourth-order valence-corrected chi connectivity index (χ4v) is 10.1. The molecule has 5 rings (SSSR count). The van der Waals surface area contributed by atoms with Gasteiger partial charge in [-0.3, -0.25) is 9.89 Å². The molecular formula is C35H62N8O. The number of aromatic nitrogens is 3. The van der Waals surface area contributed by atoms with Crippen LogP contribution in [0.15, 0.2) is 4.99 Å². The number of aliphatic hydroxyl groups is 1. The summed E-state index contributed by atoms with van der Waals surface area (Å²) >= 11 is 0. The van der Waals surface area contributed by atoms with Crippen LogP contribution < -0.4 is 16.0 Å². The maximum absolute atomic E-state index is 12.5. The lowest BCUT2D eigenvalue weighted by molar-refractivity contribution is -0.141. The SMILES string of the molecule is CC(C)(C)CC(C)(C)Nc1nc2nc(n1)N1C(C)(C)CC(N=C3C(N)C4(O)CCCCCCN(C3(C)C)C4(C)C)C2C1(C)C. The number of nitrogens with zero attached hydrogens (tertiary/aromatic N) is 6. The standard InChI is InChI=1S/C35H62N8O/c1-29(2,3)21-30(4,5)41-27-38-26-23-22(20-31(6,7)43(32(23,8)9)28(39-26)40-27)37-25-24(36)35(44)18-16-14-15-17-19-42(33(25,10)11)34(35,12)13/h22-24,44H,14-21,36H2,1-13H3,(H,38,39,40,41). The Balaban J connectivity index is 1.62. The predicted octanol–water partition coefficient (Wildman–Crippen LogP) is 6.07. The van der Waals surface area contributed by atoms with Gasteiger partial charge in [0.25, 0.3) is 0 Å². The molecule has 3 fully saturated rings. The van der Waals surface area contributed by atoms with E-state index in [4.69, 9.17) is 25.7 Å². The molecule has 4 aliphatic rings. The summed E-state index contributed by atoms with van der Waals surface area (Å²) in [5.41, 5.74) is 5.56. The van der Waals surface area contributed by atoms with Gasteiger partial charge in [-0.05, 0) is 107 Å². The molecule has 0 radical (unpaired) electrons. The van der Waals surface area contributed by atoms with Crippen LogP contribution in [0.25, 0.3) is 0 Å². The molecule has 5 atom stereocenters. The van der Waals surface area contributed by atoms with Crippen molar-refractivity contribution in [3.63, 3.8) is 0 Å². The quantitative estimate of drug-likeness (QED) is 0.376. The summed E-state index contributed by atoms with van der Waals surface area (Å²) in [5.74, 6) is 2.10. The van der Waals surface area contributed by atoms with Gasteiger partial charge in [0.2, 0.25) is 11.9 Å². The summed E-state index contributed by atoms with van der Waals surface area (Å²) in [5, 5.41) is 16.1. The van der Waals surface area contributed by atoms with E-state index in [1.54, 1.807) is 0 Å². The van der Waals surface area contributed by atoms with Crippen molar-refractivity contribution in [1.29, 1.82) is 0 Å². The normalized spacial score (nSPS) is 35.0. The molecule has 44 heavy (non-hydrogen) atoms. The second-order valence-electron chi connectivity index (χ2n) is 18.5. The topological polar surface area (TPSA) is 116 Å². The summed E-state index contributed by atoms with van der Waals surface area (Å²) in [6, 6.07) is -0.654. The van der Waals surface area contributed by atoms with Crippen molar-refractivity contribution in [3.05, 3.63) is 5.82 Å². The van der Waals surface area contributed by atoms with Crippen LogP contribution in [0.2, 0.25) is 0 Å². The Labute approximate surface area is 267 Å². The first-order valence-electron chi connectivity index (χ1n) is 17.1. The highest BCUT2D eigenvalue weighted by Gasteiger charge is 2.63. The molecule has 5 unspecified atom stereocenters. The molecule has 4 aliphatic heterocycles. The Bertz CT molecular complexity index is 1290. The summed E-state index contributed by atoms with van der Waals surface area (Å²) in [6.45, 7) is 30.2. The van der Waals surface area contributed by atoms with Gasteiger partial charge < -0.3 is 21.1 Å². The minimum Gasteiger partial charge on any atom is -0.386 e. The summed E-state index contributed by atoms with van der Waals surface area (Å²) in [6.07, 6.45) is 6.86. The van der Waals surface area contributed by atoms with E-state index in [1.807, 2.05) is 0 Å². The largest absolute Gasteiger partial charge is 0.386 e. The van der Waals surface area contributed by atoms with Crippen LogP contribution in [0.5, 0.6) is 0 Å². The van der Waals surface area contributed by atoms with Crippen LogP contribution in [0.3, 0.4) is 0 Å². The molecule has 0 amide bonds. The van der Waals surface area contributed by atoms with Gasteiger partial charge in [-0.25, -0.2) is 0 Å². The summed E-state index contributed by atoms with van der Waals surface area (Å²) in [4.78, 5) is 25.7. The smallest absolute Gasteiger partial charge is 0.231 e. The average molecular weight is 611 g/mol.